The summed E-state index contributed by atoms with van der Waals surface area (Å²) in [6.45, 7) is 2.40. The molecule has 1 aliphatic heterocycles. The van der Waals surface area contributed by atoms with E-state index in [4.69, 9.17) is 0 Å². The molecule has 3 heterocycles. The molecule has 5 nitrogen and oxygen atoms in total. The molecule has 0 radical (unpaired) electrons. The zero-order chi connectivity index (χ0) is 18.8. The third kappa shape index (κ3) is 3.61. The molecule has 0 saturated carbocycles. The van der Waals surface area contributed by atoms with Crippen LogP contribution in [0.4, 0.5) is 5.82 Å². The summed E-state index contributed by atoms with van der Waals surface area (Å²) in [5.74, 6) is 0.349. The Morgan fingerprint density at radius 1 is 1.19 bits per heavy atom. The van der Waals surface area contributed by atoms with Gasteiger partial charge in [0.2, 0.25) is 5.91 Å². The molecule has 4 rings (SSSR count). The lowest BCUT2D eigenvalue weighted by Crippen LogP contribution is -2.31. The maximum Gasteiger partial charge on any atom is 0.255 e. The molecule has 3 aromatic rings. The normalized spacial score (nSPS) is 14.1. The molecule has 1 aliphatic rings. The van der Waals surface area contributed by atoms with Crippen molar-refractivity contribution in [3.8, 4) is 0 Å². The van der Waals surface area contributed by atoms with Crippen LogP contribution < -0.4 is 5.32 Å². The molecule has 0 unspecified atom stereocenters. The van der Waals surface area contributed by atoms with E-state index in [1.165, 1.54) is 0 Å². The predicted octanol–water partition coefficient (Wildman–Crippen LogP) is 4.18. The molecule has 0 aliphatic carbocycles. The van der Waals surface area contributed by atoms with Crippen LogP contribution in [-0.4, -0.2) is 21.7 Å². The fraction of sp³-hybridized carbons (Fsp3) is 0.190. The van der Waals surface area contributed by atoms with Crippen molar-refractivity contribution in [2.45, 2.75) is 25.9 Å². The van der Waals surface area contributed by atoms with Crippen LogP contribution in [-0.2, 0) is 11.3 Å². The maximum absolute atomic E-state index is 12.9. The first-order chi connectivity index (χ1) is 13.1. The van der Waals surface area contributed by atoms with Gasteiger partial charge in [-0.1, -0.05) is 30.3 Å². The number of anilines is 1. The molecule has 2 amide bonds. The van der Waals surface area contributed by atoms with E-state index in [-0.39, 0.29) is 24.3 Å². The van der Waals surface area contributed by atoms with Crippen LogP contribution in [0.1, 0.15) is 39.0 Å². The van der Waals surface area contributed by atoms with Crippen molar-refractivity contribution in [2.24, 2.45) is 0 Å². The van der Waals surface area contributed by atoms with E-state index in [1.54, 1.807) is 22.3 Å². The lowest BCUT2D eigenvalue weighted by molar-refractivity contribution is -0.117. The standard InChI is InChI=1S/C21H19N3O2S/c1-14-6-4-10-19(22-14)23-20(25)12-17(18-9-5-11-27-18)24-13-15-7-2-3-8-16(15)21(24)26/h2-11,17H,12-13H2,1H3,(H,22,23,25)/t17-/m1/s1. The Bertz CT molecular complexity index is 985. The van der Waals surface area contributed by atoms with Crippen molar-refractivity contribution in [2.75, 3.05) is 5.32 Å². The van der Waals surface area contributed by atoms with Crippen molar-refractivity contribution in [3.63, 3.8) is 0 Å². The van der Waals surface area contributed by atoms with Gasteiger partial charge in [0, 0.05) is 22.7 Å². The van der Waals surface area contributed by atoms with Gasteiger partial charge in [-0.15, -0.1) is 11.3 Å². The number of thiophene rings is 1. The highest BCUT2D eigenvalue weighted by Gasteiger charge is 2.34. The summed E-state index contributed by atoms with van der Waals surface area (Å²) >= 11 is 1.56. The molecular weight excluding hydrogens is 358 g/mol. The lowest BCUT2D eigenvalue weighted by atomic mass is 10.1. The number of benzene rings is 1. The molecule has 0 fully saturated rings. The third-order valence-electron chi connectivity index (χ3n) is 4.63. The number of nitrogens with one attached hydrogen (secondary N) is 1. The van der Waals surface area contributed by atoms with Gasteiger partial charge in [-0.3, -0.25) is 9.59 Å². The number of pyridine rings is 1. The fourth-order valence-corrected chi connectivity index (χ4v) is 4.20. The minimum absolute atomic E-state index is 0.0227. The number of rotatable bonds is 5. The Hall–Kier alpha value is -2.99. The number of fused-ring (bicyclic) bond motifs is 1. The van der Waals surface area contributed by atoms with Crippen LogP contribution in [0.15, 0.2) is 60.0 Å². The minimum Gasteiger partial charge on any atom is -0.326 e. The van der Waals surface area contributed by atoms with E-state index in [0.717, 1.165) is 21.7 Å². The first-order valence-electron chi connectivity index (χ1n) is 8.77. The van der Waals surface area contributed by atoms with Gasteiger partial charge >= 0.3 is 0 Å². The first kappa shape index (κ1) is 17.4. The van der Waals surface area contributed by atoms with Crippen molar-refractivity contribution in [1.82, 2.24) is 9.88 Å². The van der Waals surface area contributed by atoms with Crippen molar-refractivity contribution in [3.05, 3.63) is 81.7 Å². The second kappa shape index (κ2) is 7.32. The molecule has 1 N–H and O–H groups in total. The topological polar surface area (TPSA) is 62.3 Å². The van der Waals surface area contributed by atoms with Gasteiger partial charge in [0.1, 0.15) is 5.82 Å². The summed E-state index contributed by atoms with van der Waals surface area (Å²) in [6.07, 6.45) is 0.190. The Kier molecular flexibility index (Phi) is 4.73. The second-order valence-corrected chi connectivity index (χ2v) is 7.52. The van der Waals surface area contributed by atoms with Gasteiger partial charge in [0.25, 0.3) is 5.91 Å². The monoisotopic (exact) mass is 377 g/mol. The number of aryl methyl sites for hydroxylation is 1. The smallest absolute Gasteiger partial charge is 0.255 e. The highest BCUT2D eigenvalue weighted by atomic mass is 32.1. The third-order valence-corrected chi connectivity index (χ3v) is 5.61. The van der Waals surface area contributed by atoms with Crippen molar-refractivity contribution >= 4 is 29.0 Å². The Balaban J connectivity index is 1.56. The van der Waals surface area contributed by atoms with Crippen LogP contribution in [0.5, 0.6) is 0 Å². The van der Waals surface area contributed by atoms with Crippen LogP contribution in [0.3, 0.4) is 0 Å². The molecule has 27 heavy (non-hydrogen) atoms. The Morgan fingerprint density at radius 2 is 2.04 bits per heavy atom. The summed E-state index contributed by atoms with van der Waals surface area (Å²) < 4.78 is 0. The number of hydrogen-bond donors (Lipinski definition) is 1. The number of nitrogens with zero attached hydrogens (tertiary/aromatic N) is 2. The average Bonchev–Trinajstić information content (AvgIpc) is 3.29. The van der Waals surface area contributed by atoms with Gasteiger partial charge in [0.15, 0.2) is 0 Å². The van der Waals surface area contributed by atoms with Crippen LogP contribution in [0.25, 0.3) is 0 Å². The van der Waals surface area contributed by atoms with E-state index in [9.17, 15) is 9.59 Å². The molecule has 0 spiro atoms. The van der Waals surface area contributed by atoms with Gasteiger partial charge in [-0.25, -0.2) is 4.98 Å². The Labute approximate surface area is 161 Å². The summed E-state index contributed by atoms with van der Waals surface area (Å²) in [5.41, 5.74) is 2.57. The molecule has 0 saturated heterocycles. The number of amides is 2. The number of hydrogen-bond acceptors (Lipinski definition) is 4. The summed E-state index contributed by atoms with van der Waals surface area (Å²) in [4.78, 5) is 32.7. The van der Waals surface area contributed by atoms with Crippen molar-refractivity contribution < 1.29 is 9.59 Å². The van der Waals surface area contributed by atoms with Gasteiger partial charge in [-0.2, -0.15) is 0 Å². The molecule has 136 valence electrons. The number of aromatic nitrogens is 1. The van der Waals surface area contributed by atoms with Gasteiger partial charge < -0.3 is 10.2 Å². The molecule has 6 heteroatoms. The second-order valence-electron chi connectivity index (χ2n) is 6.54. The van der Waals surface area contributed by atoms with Crippen LogP contribution in [0.2, 0.25) is 0 Å². The van der Waals surface area contributed by atoms with Crippen LogP contribution >= 0.6 is 11.3 Å². The molecule has 0 bridgehead atoms. The van der Waals surface area contributed by atoms with Gasteiger partial charge in [-0.05, 0) is 42.1 Å². The Morgan fingerprint density at radius 3 is 2.78 bits per heavy atom. The van der Waals surface area contributed by atoms with E-state index >= 15 is 0 Å². The number of carbonyl (C=O) groups excluding carboxylic acids is 2. The zero-order valence-corrected chi connectivity index (χ0v) is 15.7. The number of carbonyl (C=O) groups is 2. The van der Waals surface area contributed by atoms with E-state index in [1.807, 2.05) is 60.8 Å². The summed E-state index contributed by atoms with van der Waals surface area (Å²) in [7, 11) is 0. The fourth-order valence-electron chi connectivity index (χ4n) is 3.36. The van der Waals surface area contributed by atoms with E-state index in [2.05, 4.69) is 10.3 Å². The molecule has 1 aromatic carbocycles. The molecule has 2 aromatic heterocycles. The molecular formula is C21H19N3O2S. The SMILES string of the molecule is Cc1cccc(NC(=O)C[C@H](c2cccs2)N2Cc3ccccc3C2=O)n1. The zero-order valence-electron chi connectivity index (χ0n) is 14.9. The van der Waals surface area contributed by atoms with Crippen LogP contribution in [0, 0.1) is 6.92 Å². The highest BCUT2D eigenvalue weighted by molar-refractivity contribution is 7.10. The first-order valence-corrected chi connectivity index (χ1v) is 9.65. The summed E-state index contributed by atoms with van der Waals surface area (Å²) in [5, 5.41) is 4.82. The maximum atomic E-state index is 12.9. The van der Waals surface area contributed by atoms with E-state index in [0.29, 0.717) is 12.4 Å². The lowest BCUT2D eigenvalue weighted by Gasteiger charge is -2.26. The van der Waals surface area contributed by atoms with Crippen molar-refractivity contribution in [1.29, 1.82) is 0 Å². The van der Waals surface area contributed by atoms with Gasteiger partial charge in [0.05, 0.1) is 12.5 Å². The molecule has 1 atom stereocenters. The predicted molar refractivity (Wildman–Crippen MR) is 106 cm³/mol. The van der Waals surface area contributed by atoms with E-state index < -0.39 is 0 Å². The minimum atomic E-state index is -0.297. The highest BCUT2D eigenvalue weighted by Crippen LogP contribution is 2.35. The summed E-state index contributed by atoms with van der Waals surface area (Å²) in [6, 6.07) is 16.7. The quantitative estimate of drug-likeness (QED) is 0.726. The largest absolute Gasteiger partial charge is 0.326 e. The average molecular weight is 377 g/mol.